The second-order valence-corrected chi connectivity index (χ2v) is 8.50. The van der Waals surface area contributed by atoms with E-state index in [1.54, 1.807) is 48.5 Å². The molecule has 6 heteroatoms. The molecule has 0 radical (unpaired) electrons. The number of hydrogen-bond acceptors (Lipinski definition) is 3. The van der Waals surface area contributed by atoms with Crippen molar-refractivity contribution in [3.05, 3.63) is 75.8 Å². The third-order valence-electron chi connectivity index (χ3n) is 3.99. The van der Waals surface area contributed by atoms with Crippen LogP contribution in [0.4, 0.5) is 0 Å². The molecule has 2 aromatic carbocycles. The fourth-order valence-electron chi connectivity index (χ4n) is 2.58. The molecule has 4 nitrogen and oxygen atoms in total. The van der Waals surface area contributed by atoms with Crippen LogP contribution < -0.4 is 0 Å². The Bertz CT molecular complexity index is 1000. The highest BCUT2D eigenvalue weighted by molar-refractivity contribution is 9.12. The highest BCUT2D eigenvalue weighted by Crippen LogP contribution is 2.26. The zero-order valence-electron chi connectivity index (χ0n) is 13.7. The summed E-state index contributed by atoms with van der Waals surface area (Å²) in [7, 11) is -3.87. The van der Waals surface area contributed by atoms with Gasteiger partial charge in [0, 0.05) is 11.1 Å². The third kappa shape index (κ3) is 3.50. The normalized spacial score (nSPS) is 16.1. The zero-order valence-corrected chi connectivity index (χ0v) is 16.1. The van der Waals surface area contributed by atoms with Crippen LogP contribution in [0.1, 0.15) is 41.3 Å². The topological polar surface area (TPSA) is 63.6 Å². The Balaban J connectivity index is 2.08. The highest BCUT2D eigenvalue weighted by Gasteiger charge is 2.24. The lowest BCUT2D eigenvalue weighted by molar-refractivity contribution is 0.104. The van der Waals surface area contributed by atoms with Gasteiger partial charge in [0.2, 0.25) is 5.78 Å². The molecule has 0 aromatic heterocycles. The number of allylic oxidation sites excluding steroid dienone is 2. The number of rotatable bonds is 3. The minimum atomic E-state index is -3.87. The first-order valence-corrected chi connectivity index (χ1v) is 9.99. The summed E-state index contributed by atoms with van der Waals surface area (Å²) in [4.78, 5) is 12.3. The number of Topliss-reactive ketones (excluding diaryl/α,β-unsaturated/α-hetero) is 1. The standard InChI is InChI=1S/C19H16BrNO3S/c1-12(2)13-7-9-14(10-8-13)25(23,24)21-18-11-17(20)19(22)16-6-4-3-5-15(16)18/h3-12H,1-2H3/b21-18-. The van der Waals surface area contributed by atoms with E-state index in [0.717, 1.165) is 5.56 Å². The van der Waals surface area contributed by atoms with Crippen LogP contribution in [0.15, 0.2) is 68.4 Å². The average Bonchev–Trinajstić information content (AvgIpc) is 2.59. The smallest absolute Gasteiger partial charge is 0.282 e. The fourth-order valence-corrected chi connectivity index (χ4v) is 4.00. The van der Waals surface area contributed by atoms with E-state index < -0.39 is 10.0 Å². The van der Waals surface area contributed by atoms with Crippen LogP contribution in [0.3, 0.4) is 0 Å². The molecular weight excluding hydrogens is 402 g/mol. The molecule has 0 aliphatic heterocycles. The molecule has 1 aliphatic rings. The molecule has 0 saturated heterocycles. The number of benzene rings is 2. The van der Waals surface area contributed by atoms with Gasteiger partial charge in [-0.1, -0.05) is 50.2 Å². The Morgan fingerprint density at radius 3 is 2.16 bits per heavy atom. The van der Waals surface area contributed by atoms with Gasteiger partial charge in [-0.2, -0.15) is 12.8 Å². The number of halogens is 1. The van der Waals surface area contributed by atoms with Crippen LogP contribution in [0.25, 0.3) is 0 Å². The number of sulfonamides is 1. The number of carbonyl (C=O) groups is 1. The van der Waals surface area contributed by atoms with Crippen LogP contribution in [0, 0.1) is 0 Å². The number of ketones is 1. The van der Waals surface area contributed by atoms with Gasteiger partial charge in [0.05, 0.1) is 15.1 Å². The molecule has 25 heavy (non-hydrogen) atoms. The van der Waals surface area contributed by atoms with Crippen molar-refractivity contribution in [1.82, 2.24) is 0 Å². The zero-order chi connectivity index (χ0) is 18.2. The maximum absolute atomic E-state index is 12.7. The van der Waals surface area contributed by atoms with Crippen molar-refractivity contribution in [2.75, 3.05) is 0 Å². The molecule has 128 valence electrons. The Morgan fingerprint density at radius 2 is 1.56 bits per heavy atom. The summed E-state index contributed by atoms with van der Waals surface area (Å²) in [6.07, 6.45) is 1.45. The molecule has 0 heterocycles. The monoisotopic (exact) mass is 417 g/mol. The van der Waals surface area contributed by atoms with Crippen molar-refractivity contribution >= 4 is 37.4 Å². The first kappa shape index (κ1) is 17.8. The number of hydrogen-bond donors (Lipinski definition) is 0. The molecule has 0 bridgehead atoms. The van der Waals surface area contributed by atoms with Crippen molar-refractivity contribution in [1.29, 1.82) is 0 Å². The van der Waals surface area contributed by atoms with Crippen molar-refractivity contribution in [2.24, 2.45) is 4.40 Å². The predicted octanol–water partition coefficient (Wildman–Crippen LogP) is 4.46. The summed E-state index contributed by atoms with van der Waals surface area (Å²) in [5.41, 5.74) is 2.25. The Labute approximate surface area is 155 Å². The lowest BCUT2D eigenvalue weighted by Crippen LogP contribution is -2.16. The number of nitrogens with zero attached hydrogens (tertiary/aromatic N) is 1. The molecular formula is C19H16BrNO3S. The summed E-state index contributed by atoms with van der Waals surface area (Å²) in [5, 5.41) is 0. The van der Waals surface area contributed by atoms with Crippen LogP contribution in [-0.4, -0.2) is 19.9 Å². The number of carbonyl (C=O) groups excluding carboxylic acids is 1. The van der Waals surface area contributed by atoms with Crippen molar-refractivity contribution < 1.29 is 13.2 Å². The van der Waals surface area contributed by atoms with E-state index in [1.807, 2.05) is 13.8 Å². The SMILES string of the molecule is CC(C)c1ccc(S(=O)(=O)/N=C2/C=C(Br)C(=O)c3ccccc32)cc1. The number of fused-ring (bicyclic) bond motifs is 1. The molecule has 0 unspecified atom stereocenters. The highest BCUT2D eigenvalue weighted by atomic mass is 79.9. The van der Waals surface area contributed by atoms with Crippen LogP contribution >= 0.6 is 15.9 Å². The molecule has 0 spiro atoms. The van der Waals surface area contributed by atoms with E-state index in [0.29, 0.717) is 17.0 Å². The van der Waals surface area contributed by atoms with Gasteiger partial charge in [-0.05, 0) is 45.6 Å². The summed E-state index contributed by atoms with van der Waals surface area (Å²) in [5.74, 6) is 0.131. The quantitative estimate of drug-likeness (QED) is 0.739. The molecule has 0 atom stereocenters. The van der Waals surface area contributed by atoms with E-state index >= 15 is 0 Å². The Morgan fingerprint density at radius 1 is 0.960 bits per heavy atom. The molecule has 2 aromatic rings. The minimum Gasteiger partial charge on any atom is -0.288 e. The second kappa shape index (κ2) is 6.69. The lowest BCUT2D eigenvalue weighted by atomic mass is 9.94. The second-order valence-electron chi connectivity index (χ2n) is 6.04. The summed E-state index contributed by atoms with van der Waals surface area (Å²) in [6, 6.07) is 13.5. The maximum Gasteiger partial charge on any atom is 0.282 e. The van der Waals surface area contributed by atoms with Gasteiger partial charge in [-0.3, -0.25) is 4.79 Å². The van der Waals surface area contributed by atoms with Gasteiger partial charge in [0.1, 0.15) is 0 Å². The first-order chi connectivity index (χ1) is 11.8. The lowest BCUT2D eigenvalue weighted by Gasteiger charge is -2.14. The molecule has 0 amide bonds. The summed E-state index contributed by atoms with van der Waals surface area (Å²) < 4.78 is 29.6. The molecule has 0 N–H and O–H groups in total. The van der Waals surface area contributed by atoms with E-state index in [2.05, 4.69) is 20.3 Å². The van der Waals surface area contributed by atoms with Gasteiger partial charge >= 0.3 is 0 Å². The summed E-state index contributed by atoms with van der Waals surface area (Å²) in [6.45, 7) is 4.09. The summed E-state index contributed by atoms with van der Waals surface area (Å²) >= 11 is 3.19. The van der Waals surface area contributed by atoms with Gasteiger partial charge < -0.3 is 0 Å². The molecule has 0 fully saturated rings. The van der Waals surface area contributed by atoms with Crippen LogP contribution in [0.5, 0.6) is 0 Å². The predicted molar refractivity (Wildman–Crippen MR) is 102 cm³/mol. The van der Waals surface area contributed by atoms with Gasteiger partial charge in [-0.15, -0.1) is 0 Å². The van der Waals surface area contributed by atoms with Crippen LogP contribution in [0.2, 0.25) is 0 Å². The molecule has 0 saturated carbocycles. The largest absolute Gasteiger partial charge is 0.288 e. The van der Waals surface area contributed by atoms with Crippen molar-refractivity contribution in [3.8, 4) is 0 Å². The van der Waals surface area contributed by atoms with E-state index in [-0.39, 0.29) is 20.9 Å². The van der Waals surface area contributed by atoms with Gasteiger partial charge in [-0.25, -0.2) is 0 Å². The molecule has 1 aliphatic carbocycles. The molecule has 3 rings (SSSR count). The van der Waals surface area contributed by atoms with E-state index in [9.17, 15) is 13.2 Å². The fraction of sp³-hybridized carbons (Fsp3) is 0.158. The van der Waals surface area contributed by atoms with Gasteiger partial charge in [0.25, 0.3) is 10.0 Å². The van der Waals surface area contributed by atoms with Crippen molar-refractivity contribution in [3.63, 3.8) is 0 Å². The van der Waals surface area contributed by atoms with E-state index in [4.69, 9.17) is 0 Å². The minimum absolute atomic E-state index is 0.128. The first-order valence-electron chi connectivity index (χ1n) is 7.76. The third-order valence-corrected chi connectivity index (χ3v) is 5.89. The van der Waals surface area contributed by atoms with Crippen LogP contribution in [-0.2, 0) is 10.0 Å². The van der Waals surface area contributed by atoms with Gasteiger partial charge in [0.15, 0.2) is 0 Å². The average molecular weight is 418 g/mol. The van der Waals surface area contributed by atoms with Crippen molar-refractivity contribution in [2.45, 2.75) is 24.7 Å². The Hall–Kier alpha value is -2.05. The maximum atomic E-state index is 12.7. The Kier molecular flexibility index (Phi) is 4.75. The van der Waals surface area contributed by atoms with E-state index in [1.165, 1.54) is 6.08 Å².